The smallest absolute Gasteiger partial charge is 0.303 e. The molecule has 1 aromatic carbocycles. The highest BCUT2D eigenvalue weighted by Gasteiger charge is 2.11. The summed E-state index contributed by atoms with van der Waals surface area (Å²) in [7, 11) is 0. The maximum absolute atomic E-state index is 11.8. The van der Waals surface area contributed by atoms with Crippen molar-refractivity contribution in [2.45, 2.75) is 19.8 Å². The van der Waals surface area contributed by atoms with Crippen molar-refractivity contribution in [1.82, 2.24) is 5.32 Å². The summed E-state index contributed by atoms with van der Waals surface area (Å²) in [4.78, 5) is 22.2. The molecule has 1 amide bonds. The van der Waals surface area contributed by atoms with Crippen LogP contribution in [0, 0.1) is 5.92 Å². The van der Waals surface area contributed by atoms with Crippen molar-refractivity contribution in [3.63, 3.8) is 0 Å². The Kier molecular flexibility index (Phi) is 5.17. The number of carboxylic acid groups (broad SMARTS) is 1. The van der Waals surface area contributed by atoms with Gasteiger partial charge in [0, 0.05) is 18.7 Å². The average Bonchev–Trinajstić information content (AvgIpc) is 2.34. The quantitative estimate of drug-likeness (QED) is 0.667. The van der Waals surface area contributed by atoms with Crippen LogP contribution >= 0.6 is 0 Å². The molecular formula is C13H18N2O3. The third kappa shape index (κ3) is 4.45. The number of hydrogen-bond donors (Lipinski definition) is 3. The number of para-hydroxylation sites is 1. The molecule has 18 heavy (non-hydrogen) atoms. The van der Waals surface area contributed by atoms with Crippen LogP contribution in [0.4, 0.5) is 5.69 Å². The number of carboxylic acids is 1. The molecule has 0 saturated carbocycles. The second-order valence-corrected chi connectivity index (χ2v) is 4.33. The van der Waals surface area contributed by atoms with Crippen molar-refractivity contribution in [3.05, 3.63) is 29.8 Å². The van der Waals surface area contributed by atoms with Crippen LogP contribution in [-0.4, -0.2) is 23.5 Å². The second-order valence-electron chi connectivity index (χ2n) is 4.33. The number of nitrogen functional groups attached to an aromatic ring is 1. The van der Waals surface area contributed by atoms with Gasteiger partial charge in [-0.2, -0.15) is 0 Å². The van der Waals surface area contributed by atoms with E-state index in [2.05, 4.69) is 5.32 Å². The van der Waals surface area contributed by atoms with Crippen molar-refractivity contribution in [2.75, 3.05) is 12.3 Å². The monoisotopic (exact) mass is 250 g/mol. The summed E-state index contributed by atoms with van der Waals surface area (Å²) < 4.78 is 0. The molecule has 0 saturated heterocycles. The Bertz CT molecular complexity index is 432. The Balaban J connectivity index is 2.42. The fourth-order valence-corrected chi connectivity index (χ4v) is 1.54. The first kappa shape index (κ1) is 14.0. The fourth-order valence-electron chi connectivity index (χ4n) is 1.54. The summed E-state index contributed by atoms with van der Waals surface area (Å²) in [6.45, 7) is 2.35. The summed E-state index contributed by atoms with van der Waals surface area (Å²) in [5, 5.41) is 11.3. The van der Waals surface area contributed by atoms with E-state index in [0.717, 1.165) is 0 Å². The third-order valence-corrected chi connectivity index (χ3v) is 2.67. The lowest BCUT2D eigenvalue weighted by Gasteiger charge is -2.12. The van der Waals surface area contributed by atoms with Crippen molar-refractivity contribution < 1.29 is 14.7 Å². The number of hydrogen-bond acceptors (Lipinski definition) is 3. The predicted molar refractivity (Wildman–Crippen MR) is 69.2 cm³/mol. The maximum atomic E-state index is 11.8. The minimum Gasteiger partial charge on any atom is -0.481 e. The molecule has 1 unspecified atom stereocenters. The summed E-state index contributed by atoms with van der Waals surface area (Å²) in [6.07, 6.45) is 0.657. The Morgan fingerprint density at radius 2 is 2.06 bits per heavy atom. The summed E-state index contributed by atoms with van der Waals surface area (Å²) in [6, 6.07) is 6.84. The van der Waals surface area contributed by atoms with Crippen molar-refractivity contribution in [3.8, 4) is 0 Å². The highest BCUT2D eigenvalue weighted by Crippen LogP contribution is 2.10. The highest BCUT2D eigenvalue weighted by atomic mass is 16.4. The largest absolute Gasteiger partial charge is 0.481 e. The molecule has 1 aromatic rings. The molecule has 0 aromatic heterocycles. The highest BCUT2D eigenvalue weighted by molar-refractivity contribution is 5.99. The summed E-state index contributed by atoms with van der Waals surface area (Å²) in [5.74, 6) is -0.925. The fraction of sp³-hybridized carbons (Fsp3) is 0.385. The molecule has 0 radical (unpaired) electrons. The number of nitrogens with two attached hydrogens (primary N) is 1. The van der Waals surface area contributed by atoms with Gasteiger partial charge < -0.3 is 16.2 Å². The van der Waals surface area contributed by atoms with E-state index < -0.39 is 5.97 Å². The number of nitrogens with one attached hydrogen (secondary N) is 1. The zero-order chi connectivity index (χ0) is 13.5. The van der Waals surface area contributed by atoms with E-state index in [1.54, 1.807) is 24.3 Å². The number of rotatable bonds is 6. The average molecular weight is 250 g/mol. The van der Waals surface area contributed by atoms with Gasteiger partial charge in [0.25, 0.3) is 5.91 Å². The van der Waals surface area contributed by atoms with Crippen LogP contribution in [0.2, 0.25) is 0 Å². The van der Waals surface area contributed by atoms with E-state index >= 15 is 0 Å². The molecule has 5 heteroatoms. The Labute approximate surface area is 106 Å². The number of amides is 1. The van der Waals surface area contributed by atoms with Gasteiger partial charge >= 0.3 is 5.97 Å². The first-order chi connectivity index (χ1) is 8.50. The van der Waals surface area contributed by atoms with Gasteiger partial charge in [0.1, 0.15) is 0 Å². The molecule has 1 rings (SSSR count). The minimum atomic E-state index is -0.819. The van der Waals surface area contributed by atoms with Gasteiger partial charge in [0.2, 0.25) is 0 Å². The van der Waals surface area contributed by atoms with E-state index in [9.17, 15) is 9.59 Å². The van der Waals surface area contributed by atoms with Gasteiger partial charge in [-0.3, -0.25) is 9.59 Å². The Morgan fingerprint density at radius 3 is 2.67 bits per heavy atom. The molecule has 1 atom stereocenters. The number of carbonyl (C=O) groups excluding carboxylic acids is 1. The number of anilines is 1. The molecule has 98 valence electrons. The van der Waals surface area contributed by atoms with E-state index in [0.29, 0.717) is 24.2 Å². The van der Waals surface area contributed by atoms with Crippen molar-refractivity contribution in [2.24, 2.45) is 5.92 Å². The van der Waals surface area contributed by atoms with Gasteiger partial charge in [-0.15, -0.1) is 0 Å². The predicted octanol–water partition coefficient (Wildman–Crippen LogP) is 1.50. The van der Waals surface area contributed by atoms with Crippen LogP contribution in [0.25, 0.3) is 0 Å². The van der Waals surface area contributed by atoms with Crippen LogP contribution in [0.15, 0.2) is 24.3 Å². The Morgan fingerprint density at radius 1 is 1.39 bits per heavy atom. The topological polar surface area (TPSA) is 92.4 Å². The lowest BCUT2D eigenvalue weighted by molar-refractivity contribution is -0.137. The first-order valence-electron chi connectivity index (χ1n) is 5.85. The van der Waals surface area contributed by atoms with Crippen LogP contribution in [-0.2, 0) is 4.79 Å². The van der Waals surface area contributed by atoms with Gasteiger partial charge in [-0.05, 0) is 24.5 Å². The number of benzene rings is 1. The van der Waals surface area contributed by atoms with Crippen molar-refractivity contribution >= 4 is 17.6 Å². The first-order valence-corrected chi connectivity index (χ1v) is 5.85. The lowest BCUT2D eigenvalue weighted by Crippen LogP contribution is -2.29. The number of aliphatic carboxylic acids is 1. The summed E-state index contributed by atoms with van der Waals surface area (Å²) in [5.41, 5.74) is 6.57. The lowest BCUT2D eigenvalue weighted by atomic mass is 10.1. The van der Waals surface area contributed by atoms with Gasteiger partial charge in [0.15, 0.2) is 0 Å². The van der Waals surface area contributed by atoms with Crippen molar-refractivity contribution in [1.29, 1.82) is 0 Å². The van der Waals surface area contributed by atoms with Crippen LogP contribution < -0.4 is 11.1 Å². The zero-order valence-electron chi connectivity index (χ0n) is 10.3. The SMILES string of the molecule is CC(CCC(=O)O)CNC(=O)c1ccccc1N. The van der Waals surface area contributed by atoms with Gasteiger partial charge in [-0.1, -0.05) is 19.1 Å². The van der Waals surface area contributed by atoms with E-state index in [4.69, 9.17) is 10.8 Å². The molecule has 4 N–H and O–H groups in total. The van der Waals surface area contributed by atoms with E-state index in [1.807, 2.05) is 6.92 Å². The molecule has 0 heterocycles. The number of carbonyl (C=O) groups is 2. The van der Waals surface area contributed by atoms with Gasteiger partial charge in [0.05, 0.1) is 5.56 Å². The van der Waals surface area contributed by atoms with Crippen LogP contribution in [0.3, 0.4) is 0 Å². The molecule has 5 nitrogen and oxygen atoms in total. The van der Waals surface area contributed by atoms with Crippen LogP contribution in [0.1, 0.15) is 30.1 Å². The van der Waals surface area contributed by atoms with Crippen LogP contribution in [0.5, 0.6) is 0 Å². The van der Waals surface area contributed by atoms with Gasteiger partial charge in [-0.25, -0.2) is 0 Å². The molecule has 0 aliphatic rings. The molecule has 0 bridgehead atoms. The van der Waals surface area contributed by atoms with E-state index in [-0.39, 0.29) is 18.2 Å². The second kappa shape index (κ2) is 6.64. The Hall–Kier alpha value is -2.04. The third-order valence-electron chi connectivity index (χ3n) is 2.67. The standard InChI is InChI=1S/C13H18N2O3/c1-9(6-7-12(16)17)8-15-13(18)10-4-2-3-5-11(10)14/h2-5,9H,6-8,14H2,1H3,(H,15,18)(H,16,17). The zero-order valence-corrected chi connectivity index (χ0v) is 10.3. The minimum absolute atomic E-state index is 0.116. The normalized spacial score (nSPS) is 11.8. The maximum Gasteiger partial charge on any atom is 0.303 e. The molecule has 0 spiro atoms. The van der Waals surface area contributed by atoms with E-state index in [1.165, 1.54) is 0 Å². The summed E-state index contributed by atoms with van der Waals surface area (Å²) >= 11 is 0. The molecule has 0 aliphatic carbocycles. The molecular weight excluding hydrogens is 232 g/mol. The molecule has 0 fully saturated rings. The molecule has 0 aliphatic heterocycles.